The molecule has 0 N–H and O–H groups in total. The quantitative estimate of drug-likeness (QED) is 0.350. The zero-order valence-corrected chi connectivity index (χ0v) is 20.1. The number of sulfone groups is 1. The van der Waals surface area contributed by atoms with Gasteiger partial charge in [-0.15, -0.1) is 0 Å². The Labute approximate surface area is 204 Å². The van der Waals surface area contributed by atoms with Crippen LogP contribution in [0.2, 0.25) is 0 Å². The molecule has 198 valence electrons. The number of carbonyl (C=O) groups is 1. The topological polar surface area (TPSA) is 51.2 Å². The summed E-state index contributed by atoms with van der Waals surface area (Å²) in [5.41, 5.74) is -3.16. The maximum Gasteiger partial charge on any atom is 0.417 e. The lowest BCUT2D eigenvalue weighted by atomic mass is 9.78. The number of hydrogen-bond donors (Lipinski definition) is 0. The normalized spacial score (nSPS) is 20.2. The maximum atomic E-state index is 13.2. The SMILES string of the molecule is C[C@@H](CC(=O)C1CCC(CS(=O)(=O)c2ccc(C(F)(F)F)c(C(F)(F)F)c2)CC1)c1ccc(F)cc1. The fraction of sp³-hybridized carbons (Fsp3) is 0.480. The van der Waals surface area contributed by atoms with Crippen molar-refractivity contribution in [1.29, 1.82) is 0 Å². The summed E-state index contributed by atoms with van der Waals surface area (Å²) in [5, 5.41) is 0. The Morgan fingerprint density at radius 3 is 1.97 bits per heavy atom. The third-order valence-electron chi connectivity index (χ3n) is 6.66. The molecule has 0 bridgehead atoms. The minimum absolute atomic E-state index is 0.00527. The molecule has 1 atom stereocenters. The van der Waals surface area contributed by atoms with E-state index < -0.39 is 49.9 Å². The highest BCUT2D eigenvalue weighted by Crippen LogP contribution is 2.42. The molecule has 1 saturated carbocycles. The monoisotopic (exact) mass is 538 g/mol. The molecular weight excluding hydrogens is 513 g/mol. The van der Waals surface area contributed by atoms with Crippen molar-refractivity contribution in [3.8, 4) is 0 Å². The molecule has 1 aliphatic rings. The molecule has 11 heteroatoms. The van der Waals surface area contributed by atoms with E-state index in [0.717, 1.165) is 5.56 Å². The molecule has 3 nitrogen and oxygen atoms in total. The van der Waals surface area contributed by atoms with Crippen molar-refractivity contribution in [3.63, 3.8) is 0 Å². The predicted molar refractivity (Wildman–Crippen MR) is 118 cm³/mol. The third-order valence-corrected chi connectivity index (χ3v) is 8.55. The molecule has 1 aliphatic carbocycles. The molecule has 36 heavy (non-hydrogen) atoms. The van der Waals surface area contributed by atoms with Crippen LogP contribution in [-0.4, -0.2) is 20.0 Å². The lowest BCUT2D eigenvalue weighted by Crippen LogP contribution is -2.27. The lowest BCUT2D eigenvalue weighted by molar-refractivity contribution is -0.162. The van der Waals surface area contributed by atoms with E-state index in [-0.39, 0.29) is 42.0 Å². The number of benzene rings is 2. The van der Waals surface area contributed by atoms with E-state index in [9.17, 15) is 43.9 Å². The summed E-state index contributed by atoms with van der Waals surface area (Å²) in [6, 6.07) is 6.60. The summed E-state index contributed by atoms with van der Waals surface area (Å²) in [6.45, 7) is 1.85. The van der Waals surface area contributed by atoms with Crippen LogP contribution in [0.3, 0.4) is 0 Å². The number of alkyl halides is 6. The van der Waals surface area contributed by atoms with Gasteiger partial charge in [0.2, 0.25) is 0 Å². The molecule has 3 rings (SSSR count). The van der Waals surface area contributed by atoms with Crippen molar-refractivity contribution < 1.29 is 43.9 Å². The first kappa shape index (κ1) is 28.1. The summed E-state index contributed by atoms with van der Waals surface area (Å²) in [7, 11) is -4.28. The van der Waals surface area contributed by atoms with Crippen LogP contribution < -0.4 is 0 Å². The summed E-state index contributed by atoms with van der Waals surface area (Å²) in [5.74, 6) is -1.72. The van der Waals surface area contributed by atoms with Gasteiger partial charge in [-0.2, -0.15) is 26.3 Å². The van der Waals surface area contributed by atoms with E-state index in [1.165, 1.54) is 12.1 Å². The Morgan fingerprint density at radius 2 is 1.44 bits per heavy atom. The van der Waals surface area contributed by atoms with Crippen LogP contribution in [0.5, 0.6) is 0 Å². The zero-order valence-electron chi connectivity index (χ0n) is 19.3. The van der Waals surface area contributed by atoms with Gasteiger partial charge in [0.25, 0.3) is 0 Å². The van der Waals surface area contributed by atoms with Gasteiger partial charge >= 0.3 is 12.4 Å². The van der Waals surface area contributed by atoms with Crippen LogP contribution in [-0.2, 0) is 27.0 Å². The van der Waals surface area contributed by atoms with Crippen LogP contribution in [0.4, 0.5) is 30.7 Å². The van der Waals surface area contributed by atoms with Gasteiger partial charge in [0.15, 0.2) is 9.84 Å². The average Bonchev–Trinajstić information content (AvgIpc) is 2.78. The van der Waals surface area contributed by atoms with Gasteiger partial charge < -0.3 is 0 Å². The van der Waals surface area contributed by atoms with Gasteiger partial charge in [-0.1, -0.05) is 19.1 Å². The highest BCUT2D eigenvalue weighted by atomic mass is 32.2. The number of carbonyl (C=O) groups excluding carboxylic acids is 1. The number of rotatable bonds is 7. The van der Waals surface area contributed by atoms with Crippen molar-refractivity contribution in [2.45, 2.75) is 62.2 Å². The zero-order chi connectivity index (χ0) is 26.9. The Morgan fingerprint density at radius 1 is 0.889 bits per heavy atom. The Balaban J connectivity index is 1.63. The van der Waals surface area contributed by atoms with Crippen LogP contribution in [0.15, 0.2) is 47.4 Å². The van der Waals surface area contributed by atoms with Crippen molar-refractivity contribution in [1.82, 2.24) is 0 Å². The van der Waals surface area contributed by atoms with Gasteiger partial charge in [-0.25, -0.2) is 12.8 Å². The van der Waals surface area contributed by atoms with Crippen molar-refractivity contribution >= 4 is 15.6 Å². The van der Waals surface area contributed by atoms with Gasteiger partial charge in [0.1, 0.15) is 11.6 Å². The third kappa shape index (κ3) is 6.86. The van der Waals surface area contributed by atoms with Crippen molar-refractivity contribution in [3.05, 3.63) is 65.0 Å². The molecule has 0 heterocycles. The van der Waals surface area contributed by atoms with E-state index in [1.54, 1.807) is 12.1 Å². The molecular formula is C25H25F7O3S. The highest BCUT2D eigenvalue weighted by Gasteiger charge is 2.44. The highest BCUT2D eigenvalue weighted by molar-refractivity contribution is 7.91. The number of halogens is 7. The fourth-order valence-corrected chi connectivity index (χ4v) is 6.35. The van der Waals surface area contributed by atoms with Crippen LogP contribution >= 0.6 is 0 Å². The molecule has 2 aromatic carbocycles. The van der Waals surface area contributed by atoms with E-state index in [4.69, 9.17) is 0 Å². The fourth-order valence-electron chi connectivity index (χ4n) is 4.63. The summed E-state index contributed by atoms with van der Waals surface area (Å²) in [6.07, 6.45) is -8.89. The molecule has 0 spiro atoms. The summed E-state index contributed by atoms with van der Waals surface area (Å²) >= 11 is 0. The second-order valence-electron chi connectivity index (χ2n) is 9.33. The van der Waals surface area contributed by atoms with Gasteiger partial charge in [0, 0.05) is 12.3 Å². The largest absolute Gasteiger partial charge is 0.417 e. The smallest absolute Gasteiger partial charge is 0.299 e. The van der Waals surface area contributed by atoms with Crippen LogP contribution in [0, 0.1) is 17.7 Å². The molecule has 0 radical (unpaired) electrons. The van der Waals surface area contributed by atoms with Gasteiger partial charge in [-0.3, -0.25) is 4.79 Å². The number of Topliss-reactive ketones (excluding diaryl/α,β-unsaturated/α-hetero) is 1. The first-order valence-electron chi connectivity index (χ1n) is 11.4. The van der Waals surface area contributed by atoms with Crippen LogP contribution in [0.25, 0.3) is 0 Å². The van der Waals surface area contributed by atoms with Gasteiger partial charge in [-0.05, 0) is 73.4 Å². The van der Waals surface area contributed by atoms with Crippen LogP contribution in [0.1, 0.15) is 61.6 Å². The summed E-state index contributed by atoms with van der Waals surface area (Å²) in [4.78, 5) is 11.9. The average molecular weight is 539 g/mol. The molecule has 0 aromatic heterocycles. The molecule has 0 unspecified atom stereocenters. The Kier molecular flexibility index (Phi) is 8.22. The first-order valence-corrected chi connectivity index (χ1v) is 13.0. The molecule has 2 aromatic rings. The van der Waals surface area contributed by atoms with E-state index in [1.807, 2.05) is 6.92 Å². The molecule has 0 saturated heterocycles. The molecule has 1 fully saturated rings. The number of ketones is 1. The second-order valence-corrected chi connectivity index (χ2v) is 11.4. The summed E-state index contributed by atoms with van der Waals surface area (Å²) < 4.78 is 117. The predicted octanol–water partition coefficient (Wildman–Crippen LogP) is 7.21. The van der Waals surface area contributed by atoms with E-state index >= 15 is 0 Å². The Bertz CT molecular complexity index is 1180. The van der Waals surface area contributed by atoms with E-state index in [0.29, 0.717) is 31.7 Å². The number of hydrogen-bond acceptors (Lipinski definition) is 3. The molecule has 0 amide bonds. The minimum atomic E-state index is -5.38. The maximum absolute atomic E-state index is 13.2. The van der Waals surface area contributed by atoms with Crippen molar-refractivity contribution in [2.75, 3.05) is 5.75 Å². The second kappa shape index (κ2) is 10.5. The van der Waals surface area contributed by atoms with Gasteiger partial charge in [0.05, 0.1) is 21.8 Å². The lowest BCUT2D eigenvalue weighted by Gasteiger charge is -2.28. The minimum Gasteiger partial charge on any atom is -0.299 e. The van der Waals surface area contributed by atoms with Crippen molar-refractivity contribution in [2.24, 2.45) is 11.8 Å². The first-order chi connectivity index (χ1) is 16.6. The Hall–Kier alpha value is -2.43. The molecule has 0 aliphatic heterocycles. The standard InChI is InChI=1S/C25H25F7O3S/c1-15(17-6-8-19(26)9-7-17)12-23(33)18-4-2-16(3-5-18)14-36(34,35)20-10-11-21(24(27,28)29)22(13-20)25(30,31)32/h6-11,13,15-16,18H,2-5,12,14H2,1H3/t15-,16?,18?/m0/s1. The van der Waals surface area contributed by atoms with E-state index in [2.05, 4.69) is 0 Å².